The second-order valence-corrected chi connectivity index (χ2v) is 11.2. The predicted molar refractivity (Wildman–Crippen MR) is 153 cm³/mol. The first-order chi connectivity index (χ1) is 18.9. The molecule has 1 aromatic carbocycles. The molecule has 0 aromatic heterocycles. The van der Waals surface area contributed by atoms with Crippen LogP contribution in [0.15, 0.2) is 18.2 Å². The summed E-state index contributed by atoms with van der Waals surface area (Å²) in [6.45, 7) is 11.3. The topological polar surface area (TPSA) is 133 Å². The Kier molecular flexibility index (Phi) is 13.0. The van der Waals surface area contributed by atoms with Gasteiger partial charge in [0.05, 0.1) is 19.8 Å². The lowest BCUT2D eigenvalue weighted by Crippen LogP contribution is -2.58. The number of amides is 3. The van der Waals surface area contributed by atoms with E-state index in [-0.39, 0.29) is 42.9 Å². The third-order valence-corrected chi connectivity index (χ3v) is 6.54. The van der Waals surface area contributed by atoms with E-state index < -0.39 is 11.7 Å². The van der Waals surface area contributed by atoms with Crippen LogP contribution in [0.25, 0.3) is 0 Å². The van der Waals surface area contributed by atoms with E-state index in [0.29, 0.717) is 62.6 Å². The summed E-state index contributed by atoms with van der Waals surface area (Å²) in [5.74, 6) is 0.675. The molecule has 1 aliphatic heterocycles. The van der Waals surface area contributed by atoms with Crippen molar-refractivity contribution in [3.63, 3.8) is 0 Å². The molecule has 1 saturated heterocycles. The van der Waals surface area contributed by atoms with E-state index in [1.54, 1.807) is 63.0 Å². The summed E-state index contributed by atoms with van der Waals surface area (Å²) < 4.78 is 22.1. The van der Waals surface area contributed by atoms with E-state index in [0.717, 1.165) is 0 Å². The van der Waals surface area contributed by atoms with Crippen LogP contribution in [0, 0.1) is 0 Å². The Balaban J connectivity index is 2.29. The summed E-state index contributed by atoms with van der Waals surface area (Å²) in [5.41, 5.74) is 5.28. The Bertz CT molecular complexity index is 980. The van der Waals surface area contributed by atoms with Crippen molar-refractivity contribution >= 4 is 17.9 Å². The normalized spacial score (nSPS) is 17.4. The van der Waals surface area contributed by atoms with Gasteiger partial charge in [0, 0.05) is 63.8 Å². The lowest BCUT2D eigenvalue weighted by atomic mass is 9.93. The molecule has 2 rings (SSSR count). The Morgan fingerprint density at radius 3 is 2.45 bits per heavy atom. The van der Waals surface area contributed by atoms with Crippen LogP contribution in [0.1, 0.15) is 70.7 Å². The van der Waals surface area contributed by atoms with Gasteiger partial charge in [-0.15, -0.1) is 0 Å². The van der Waals surface area contributed by atoms with Crippen LogP contribution in [0.3, 0.4) is 0 Å². The summed E-state index contributed by atoms with van der Waals surface area (Å²) in [5, 5.41) is 2.78. The van der Waals surface area contributed by atoms with Gasteiger partial charge in [0.2, 0.25) is 5.91 Å². The number of nitrogens with zero attached hydrogens (tertiary/aromatic N) is 2. The zero-order chi connectivity index (χ0) is 29.9. The number of piperidine rings is 1. The van der Waals surface area contributed by atoms with Gasteiger partial charge in [0.15, 0.2) is 11.5 Å². The van der Waals surface area contributed by atoms with Crippen LogP contribution in [0.4, 0.5) is 4.79 Å². The number of nitrogens with one attached hydrogen (secondary N) is 1. The molecule has 0 bridgehead atoms. The zero-order valence-corrected chi connectivity index (χ0v) is 25.2. The van der Waals surface area contributed by atoms with Crippen molar-refractivity contribution in [1.82, 2.24) is 15.1 Å². The van der Waals surface area contributed by atoms with Gasteiger partial charge in [-0.1, -0.05) is 0 Å². The molecule has 0 spiro atoms. The minimum absolute atomic E-state index is 0.143. The van der Waals surface area contributed by atoms with Gasteiger partial charge >= 0.3 is 6.09 Å². The Morgan fingerprint density at radius 2 is 1.85 bits per heavy atom. The van der Waals surface area contributed by atoms with Crippen molar-refractivity contribution in [1.29, 1.82) is 0 Å². The third-order valence-electron chi connectivity index (χ3n) is 6.54. The molecule has 0 saturated carbocycles. The highest BCUT2D eigenvalue weighted by Gasteiger charge is 2.39. The molecule has 2 atom stereocenters. The van der Waals surface area contributed by atoms with Crippen LogP contribution in [-0.4, -0.2) is 98.5 Å². The Hall–Kier alpha value is -3.05. The quantitative estimate of drug-likeness (QED) is 0.349. The number of carbonyl (C=O) groups is 3. The second kappa shape index (κ2) is 15.7. The molecule has 11 nitrogen and oxygen atoms in total. The number of rotatable bonds is 13. The number of methoxy groups -OCH3 is 2. The van der Waals surface area contributed by atoms with Crippen LogP contribution in [0.5, 0.6) is 11.5 Å². The lowest BCUT2D eigenvalue weighted by molar-refractivity contribution is -0.122. The Labute approximate surface area is 238 Å². The van der Waals surface area contributed by atoms with Gasteiger partial charge in [-0.3, -0.25) is 9.59 Å². The van der Waals surface area contributed by atoms with Crippen LogP contribution in [-0.2, 0) is 14.3 Å². The summed E-state index contributed by atoms with van der Waals surface area (Å²) in [6.07, 6.45) is 1.52. The smallest absolute Gasteiger partial charge is 0.410 e. The highest BCUT2D eigenvalue weighted by molar-refractivity contribution is 5.95. The van der Waals surface area contributed by atoms with Crippen molar-refractivity contribution in [2.24, 2.45) is 5.73 Å². The van der Waals surface area contributed by atoms with Gasteiger partial charge in [-0.25, -0.2) is 4.79 Å². The fraction of sp³-hybridized carbons (Fsp3) is 0.690. The first kappa shape index (κ1) is 33.2. The second-order valence-electron chi connectivity index (χ2n) is 11.2. The van der Waals surface area contributed by atoms with Crippen LogP contribution in [0.2, 0.25) is 0 Å². The summed E-state index contributed by atoms with van der Waals surface area (Å²) in [4.78, 5) is 43.1. The molecule has 226 valence electrons. The van der Waals surface area contributed by atoms with E-state index >= 15 is 0 Å². The average Bonchev–Trinajstić information content (AvgIpc) is 2.89. The van der Waals surface area contributed by atoms with E-state index in [4.69, 9.17) is 24.7 Å². The van der Waals surface area contributed by atoms with Gasteiger partial charge in [0.25, 0.3) is 5.91 Å². The molecular formula is C29H48N4O7. The standard InChI is InChI=1S/C29H48N4O7/c1-20(2)33(27(35)21-9-12-24(38-7)25(17-21)39-16-8-15-37-6)23-11-10-22(18-26(34)31-14-13-30)32(19-23)28(36)40-29(3,4)5/h9,12,17,20,22-23H,8,10-11,13-16,18-19,30H2,1-7H3,(H,31,34)/t22-,23?/m0/s1. The van der Waals surface area contributed by atoms with Crippen molar-refractivity contribution in [2.45, 2.75) is 84.0 Å². The highest BCUT2D eigenvalue weighted by Crippen LogP contribution is 2.31. The molecule has 40 heavy (non-hydrogen) atoms. The minimum atomic E-state index is -0.702. The number of hydrogen-bond donors (Lipinski definition) is 2. The molecular weight excluding hydrogens is 516 g/mol. The maximum Gasteiger partial charge on any atom is 0.410 e. The molecule has 1 heterocycles. The summed E-state index contributed by atoms with van der Waals surface area (Å²) in [7, 11) is 3.19. The van der Waals surface area contributed by atoms with Crippen LogP contribution >= 0.6 is 0 Å². The lowest BCUT2D eigenvalue weighted by Gasteiger charge is -2.45. The van der Waals surface area contributed by atoms with Crippen molar-refractivity contribution in [3.05, 3.63) is 23.8 Å². The van der Waals surface area contributed by atoms with Gasteiger partial charge in [0.1, 0.15) is 5.60 Å². The molecule has 1 fully saturated rings. The van der Waals surface area contributed by atoms with Gasteiger partial charge in [-0.2, -0.15) is 0 Å². The molecule has 1 aromatic rings. The molecule has 3 N–H and O–H groups in total. The third kappa shape index (κ3) is 9.85. The fourth-order valence-electron chi connectivity index (χ4n) is 4.77. The number of carbonyl (C=O) groups excluding carboxylic acids is 3. The molecule has 3 amide bonds. The predicted octanol–water partition coefficient (Wildman–Crippen LogP) is 3.19. The first-order valence-electron chi connectivity index (χ1n) is 14.0. The number of hydrogen-bond acceptors (Lipinski definition) is 8. The summed E-state index contributed by atoms with van der Waals surface area (Å²) >= 11 is 0. The van der Waals surface area contributed by atoms with Gasteiger partial charge < -0.3 is 39.8 Å². The highest BCUT2D eigenvalue weighted by atomic mass is 16.6. The molecule has 1 unspecified atom stereocenters. The minimum Gasteiger partial charge on any atom is -0.493 e. The van der Waals surface area contributed by atoms with E-state index in [2.05, 4.69) is 5.32 Å². The fourth-order valence-corrected chi connectivity index (χ4v) is 4.77. The molecule has 1 aliphatic rings. The van der Waals surface area contributed by atoms with Gasteiger partial charge in [-0.05, 0) is 65.7 Å². The SMILES string of the molecule is COCCCOc1cc(C(=O)N(C(C)C)C2CC[C@@H](CC(=O)NCCN)N(C(=O)OC(C)(C)C)C2)ccc1OC. The number of likely N-dealkylation sites (tertiary alicyclic amines) is 1. The van der Waals surface area contributed by atoms with E-state index in [9.17, 15) is 14.4 Å². The van der Waals surface area contributed by atoms with Crippen molar-refractivity contribution in [3.8, 4) is 11.5 Å². The van der Waals surface area contributed by atoms with E-state index in [1.807, 2.05) is 13.8 Å². The zero-order valence-electron chi connectivity index (χ0n) is 25.2. The van der Waals surface area contributed by atoms with Crippen molar-refractivity contribution in [2.75, 3.05) is 47.1 Å². The monoisotopic (exact) mass is 564 g/mol. The molecule has 11 heteroatoms. The molecule has 0 aliphatic carbocycles. The number of benzene rings is 1. The van der Waals surface area contributed by atoms with Crippen LogP contribution < -0.4 is 20.5 Å². The van der Waals surface area contributed by atoms with Crippen molar-refractivity contribution < 1.29 is 33.3 Å². The summed E-state index contributed by atoms with van der Waals surface area (Å²) in [6, 6.07) is 4.38. The maximum absolute atomic E-state index is 13.9. The first-order valence-corrected chi connectivity index (χ1v) is 14.0. The average molecular weight is 565 g/mol. The number of ether oxygens (including phenoxy) is 4. The maximum atomic E-state index is 13.9. The molecule has 0 radical (unpaired) electrons. The largest absolute Gasteiger partial charge is 0.493 e. The number of nitrogens with two attached hydrogens (primary N) is 1. The van der Waals surface area contributed by atoms with E-state index in [1.165, 1.54) is 0 Å². The Morgan fingerprint density at radius 1 is 1.12 bits per heavy atom.